The molecule has 0 radical (unpaired) electrons. The number of aromatic nitrogens is 4. The van der Waals surface area contributed by atoms with Crippen LogP contribution in [0.25, 0.3) is 33.5 Å². The molecule has 5 rings (SSSR count). The first-order valence-electron chi connectivity index (χ1n) is 9.57. The minimum atomic E-state index is -0.754. The van der Waals surface area contributed by atoms with Crippen molar-refractivity contribution in [2.45, 2.75) is 0 Å². The van der Waals surface area contributed by atoms with Gasteiger partial charge in [0.15, 0.2) is 0 Å². The van der Waals surface area contributed by atoms with E-state index in [1.807, 2.05) is 54.6 Å². The van der Waals surface area contributed by atoms with Crippen molar-refractivity contribution >= 4 is 45.1 Å². The molecule has 8 heteroatoms. The molecule has 2 aromatic heterocycles. The van der Waals surface area contributed by atoms with Gasteiger partial charge in [-0.1, -0.05) is 42.5 Å². The molecule has 1 N–H and O–H groups in total. The fourth-order valence-electron chi connectivity index (χ4n) is 3.40. The van der Waals surface area contributed by atoms with Gasteiger partial charge in [0, 0.05) is 5.56 Å². The van der Waals surface area contributed by atoms with Crippen LogP contribution in [0.3, 0.4) is 0 Å². The monoisotopic (exact) mass is 441 g/mol. The summed E-state index contributed by atoms with van der Waals surface area (Å²) in [7, 11) is 0. The van der Waals surface area contributed by atoms with Crippen LogP contribution in [0.1, 0.15) is 11.4 Å². The largest absolute Gasteiger partial charge is 0.436 e. The number of para-hydroxylation sites is 2. The second-order valence-corrected chi connectivity index (χ2v) is 7.20. The van der Waals surface area contributed by atoms with Crippen LogP contribution in [0.5, 0.6) is 11.6 Å². The van der Waals surface area contributed by atoms with Crippen LogP contribution in [0.15, 0.2) is 66.9 Å². The molecule has 0 bridgehead atoms. The number of H-pyrrole nitrogens is 1. The highest BCUT2D eigenvalue weighted by molar-refractivity contribution is 6.28. The number of rotatable bonds is 4. The summed E-state index contributed by atoms with van der Waals surface area (Å²) in [4.78, 5) is 15.1. The molecule has 0 fully saturated rings. The van der Waals surface area contributed by atoms with E-state index in [-0.39, 0.29) is 11.2 Å². The summed E-state index contributed by atoms with van der Waals surface area (Å²) in [6, 6.07) is 20.8. The van der Waals surface area contributed by atoms with E-state index in [4.69, 9.17) is 16.3 Å². The smallest absolute Gasteiger partial charge is 0.260 e. The molecule has 2 heterocycles. The van der Waals surface area contributed by atoms with Crippen molar-refractivity contribution < 1.29 is 9.13 Å². The maximum atomic E-state index is 14.2. The quantitative estimate of drug-likeness (QED) is 0.267. The number of nitriles is 1. The first-order valence-corrected chi connectivity index (χ1v) is 9.95. The van der Waals surface area contributed by atoms with Gasteiger partial charge in [0.05, 0.1) is 22.8 Å². The number of benzene rings is 3. The Hall–Kier alpha value is -4.28. The molecule has 3 aromatic carbocycles. The molecule has 0 atom stereocenters. The zero-order chi connectivity index (χ0) is 22.1. The Morgan fingerprint density at radius 1 is 1.06 bits per heavy atom. The highest BCUT2D eigenvalue weighted by atomic mass is 35.5. The Morgan fingerprint density at radius 3 is 2.72 bits per heavy atom. The van der Waals surface area contributed by atoms with E-state index in [0.717, 1.165) is 28.0 Å². The molecule has 0 saturated heterocycles. The molecular formula is C24H13ClFN5O. The van der Waals surface area contributed by atoms with Crippen LogP contribution < -0.4 is 4.74 Å². The third kappa shape index (κ3) is 3.64. The standard InChI is InChI=1S/C24H13ClFN5O/c25-24-28-13-18(26)23(31-24)32-21-10-9-14-5-1-2-6-16(14)17(21)11-15(12-27)22-29-19-7-3-4-8-20(19)30-22/h1-11,13H,(H,29,30)/b15-11+. The van der Waals surface area contributed by atoms with E-state index in [9.17, 15) is 9.65 Å². The molecule has 5 aromatic rings. The summed E-state index contributed by atoms with van der Waals surface area (Å²) in [6.07, 6.45) is 2.60. The minimum Gasteiger partial charge on any atom is -0.436 e. The lowest BCUT2D eigenvalue weighted by atomic mass is 10.0. The zero-order valence-corrected chi connectivity index (χ0v) is 17.1. The Labute approximate surface area is 186 Å². The third-order valence-corrected chi connectivity index (χ3v) is 5.06. The summed E-state index contributed by atoms with van der Waals surface area (Å²) < 4.78 is 20.0. The number of ether oxygens (including phenoxy) is 1. The maximum absolute atomic E-state index is 14.2. The second kappa shape index (κ2) is 8.10. The van der Waals surface area contributed by atoms with Crippen LogP contribution >= 0.6 is 11.6 Å². The van der Waals surface area contributed by atoms with Crippen LogP contribution in [0, 0.1) is 17.1 Å². The first kappa shape index (κ1) is 19.7. The van der Waals surface area contributed by atoms with Gasteiger partial charge in [-0.25, -0.2) is 9.97 Å². The summed E-state index contributed by atoms with van der Waals surface area (Å²) in [6.45, 7) is 0. The molecule has 0 spiro atoms. The van der Waals surface area contributed by atoms with Crippen molar-refractivity contribution in [2.24, 2.45) is 0 Å². The lowest BCUT2D eigenvalue weighted by molar-refractivity contribution is 0.419. The van der Waals surface area contributed by atoms with Gasteiger partial charge in [0.25, 0.3) is 5.88 Å². The molecule has 0 aliphatic rings. The van der Waals surface area contributed by atoms with Gasteiger partial charge < -0.3 is 9.72 Å². The number of allylic oxidation sites excluding steroid dienone is 1. The van der Waals surface area contributed by atoms with Gasteiger partial charge in [-0.05, 0) is 46.6 Å². The van der Waals surface area contributed by atoms with Crippen molar-refractivity contribution in [3.05, 3.63) is 89.3 Å². The molecule has 0 amide bonds. The van der Waals surface area contributed by atoms with E-state index >= 15 is 0 Å². The Morgan fingerprint density at radius 2 is 1.88 bits per heavy atom. The van der Waals surface area contributed by atoms with Crippen molar-refractivity contribution in [3.8, 4) is 17.7 Å². The number of fused-ring (bicyclic) bond motifs is 2. The molecule has 6 nitrogen and oxygen atoms in total. The molecule has 0 saturated carbocycles. The Balaban J connectivity index is 1.69. The number of nitrogens with zero attached hydrogens (tertiary/aromatic N) is 4. The van der Waals surface area contributed by atoms with Crippen LogP contribution in [0.2, 0.25) is 5.28 Å². The van der Waals surface area contributed by atoms with Crippen LogP contribution in [0.4, 0.5) is 4.39 Å². The van der Waals surface area contributed by atoms with Gasteiger partial charge in [-0.2, -0.15) is 14.6 Å². The van der Waals surface area contributed by atoms with Gasteiger partial charge in [-0.15, -0.1) is 0 Å². The molecule has 0 unspecified atom stereocenters. The number of nitrogens with one attached hydrogen (secondary N) is 1. The number of aromatic amines is 1. The molecule has 154 valence electrons. The number of hydrogen-bond acceptors (Lipinski definition) is 5. The van der Waals surface area contributed by atoms with E-state index in [0.29, 0.717) is 22.7 Å². The van der Waals surface area contributed by atoms with Gasteiger partial charge in [0.2, 0.25) is 11.1 Å². The van der Waals surface area contributed by atoms with Crippen molar-refractivity contribution in [1.82, 2.24) is 19.9 Å². The summed E-state index contributed by atoms with van der Waals surface area (Å²) >= 11 is 5.81. The number of imidazole rings is 1. The fraction of sp³-hybridized carbons (Fsp3) is 0. The Bertz CT molecular complexity index is 1520. The predicted molar refractivity (Wildman–Crippen MR) is 121 cm³/mol. The maximum Gasteiger partial charge on any atom is 0.260 e. The van der Waals surface area contributed by atoms with Gasteiger partial charge in [0.1, 0.15) is 17.6 Å². The highest BCUT2D eigenvalue weighted by Crippen LogP contribution is 2.35. The lowest BCUT2D eigenvalue weighted by Gasteiger charge is -2.12. The van der Waals surface area contributed by atoms with E-state index < -0.39 is 5.82 Å². The van der Waals surface area contributed by atoms with Crippen molar-refractivity contribution in [1.29, 1.82) is 5.26 Å². The first-order chi connectivity index (χ1) is 15.6. The van der Waals surface area contributed by atoms with Crippen molar-refractivity contribution in [3.63, 3.8) is 0 Å². The lowest BCUT2D eigenvalue weighted by Crippen LogP contribution is -1.97. The van der Waals surface area contributed by atoms with Crippen LogP contribution in [-0.2, 0) is 0 Å². The number of halogens is 2. The highest BCUT2D eigenvalue weighted by Gasteiger charge is 2.15. The molecule has 0 aliphatic carbocycles. The van der Waals surface area contributed by atoms with E-state index in [2.05, 4.69) is 26.0 Å². The average Bonchev–Trinajstić information content (AvgIpc) is 3.24. The third-order valence-electron chi connectivity index (χ3n) is 4.87. The van der Waals surface area contributed by atoms with Gasteiger partial charge >= 0.3 is 0 Å². The summed E-state index contributed by atoms with van der Waals surface area (Å²) in [5, 5.41) is 11.5. The van der Waals surface area contributed by atoms with E-state index in [1.54, 1.807) is 12.1 Å². The molecule has 32 heavy (non-hydrogen) atoms. The predicted octanol–water partition coefficient (Wildman–Crippen LogP) is 6.16. The average molecular weight is 442 g/mol. The zero-order valence-electron chi connectivity index (χ0n) is 16.4. The Kier molecular flexibility index (Phi) is 4.98. The van der Waals surface area contributed by atoms with E-state index in [1.165, 1.54) is 0 Å². The topological polar surface area (TPSA) is 87.5 Å². The summed E-state index contributed by atoms with van der Waals surface area (Å²) in [5.41, 5.74) is 2.43. The second-order valence-electron chi connectivity index (χ2n) is 6.87. The normalized spacial score (nSPS) is 11.6. The number of hydrogen-bond donors (Lipinski definition) is 1. The summed E-state index contributed by atoms with van der Waals surface area (Å²) in [5.74, 6) is -0.336. The van der Waals surface area contributed by atoms with Gasteiger partial charge in [-0.3, -0.25) is 0 Å². The van der Waals surface area contributed by atoms with Crippen molar-refractivity contribution in [2.75, 3.05) is 0 Å². The minimum absolute atomic E-state index is 0.140. The molecule has 0 aliphatic heterocycles. The molecular weight excluding hydrogens is 429 g/mol. The van der Waals surface area contributed by atoms with Crippen LogP contribution in [-0.4, -0.2) is 19.9 Å². The SMILES string of the molecule is N#C/C(=C\c1c(Oc2nc(Cl)ncc2F)ccc2ccccc12)c1nc2ccccc2[nH]1. The fourth-order valence-corrected chi connectivity index (χ4v) is 3.52.